The molecule has 9 nitrogen and oxygen atoms in total. The molecule has 0 aliphatic carbocycles. The first kappa shape index (κ1) is 19.0. The molecule has 0 heterocycles. The van der Waals surface area contributed by atoms with Crippen LogP contribution in [-0.4, -0.2) is 33.1 Å². The standard InChI is InChI=1S/C14H14N2O7S2/c1-9-7-13(23-2)12(8-14(9)25(20,21)22)16-15-10-3-5-11(6-4-10)24(17,18)19/h3-8H,1-2H3,(H,17,18,19)(H,20,21,22). The molecule has 2 aromatic carbocycles. The molecular formula is C14H14N2O7S2. The van der Waals surface area contributed by atoms with E-state index in [1.54, 1.807) is 0 Å². The zero-order valence-corrected chi connectivity index (χ0v) is 14.7. The average Bonchev–Trinajstić information content (AvgIpc) is 2.51. The van der Waals surface area contributed by atoms with Gasteiger partial charge in [0.1, 0.15) is 11.4 Å². The summed E-state index contributed by atoms with van der Waals surface area (Å²) in [4.78, 5) is -0.628. The molecule has 2 rings (SSSR count). The Hall–Kier alpha value is -2.34. The third kappa shape index (κ3) is 4.60. The summed E-state index contributed by atoms with van der Waals surface area (Å²) in [6, 6.07) is 7.38. The summed E-state index contributed by atoms with van der Waals surface area (Å²) >= 11 is 0. The van der Waals surface area contributed by atoms with Gasteiger partial charge in [-0.1, -0.05) is 0 Å². The Morgan fingerprint density at radius 2 is 1.52 bits per heavy atom. The highest BCUT2D eigenvalue weighted by Crippen LogP contribution is 2.34. The predicted octanol–water partition coefficient (Wildman–Crippen LogP) is 2.91. The molecule has 134 valence electrons. The average molecular weight is 386 g/mol. The molecule has 2 N–H and O–H groups in total. The minimum absolute atomic E-state index is 0.0552. The second-order valence-electron chi connectivity index (χ2n) is 4.93. The van der Waals surface area contributed by atoms with Crippen LogP contribution in [0.3, 0.4) is 0 Å². The maximum absolute atomic E-state index is 11.4. The van der Waals surface area contributed by atoms with E-state index in [-0.39, 0.29) is 32.5 Å². The molecule has 0 radical (unpaired) electrons. The van der Waals surface area contributed by atoms with Crippen molar-refractivity contribution in [2.45, 2.75) is 16.7 Å². The summed E-state index contributed by atoms with van der Waals surface area (Å²) in [5.74, 6) is 0.239. The fourth-order valence-electron chi connectivity index (χ4n) is 1.97. The Kier molecular flexibility index (Phi) is 5.23. The second-order valence-corrected chi connectivity index (χ2v) is 7.75. The van der Waals surface area contributed by atoms with Crippen molar-refractivity contribution in [2.24, 2.45) is 10.2 Å². The smallest absolute Gasteiger partial charge is 0.294 e. The molecule has 11 heteroatoms. The molecule has 0 unspecified atom stereocenters. The lowest BCUT2D eigenvalue weighted by Gasteiger charge is -2.08. The van der Waals surface area contributed by atoms with Crippen molar-refractivity contribution in [1.29, 1.82) is 0 Å². The molecule has 2 aromatic rings. The Bertz CT molecular complexity index is 1030. The Morgan fingerprint density at radius 3 is 2.00 bits per heavy atom. The number of benzene rings is 2. The van der Waals surface area contributed by atoms with E-state index in [1.807, 2.05) is 0 Å². The van der Waals surface area contributed by atoms with Crippen LogP contribution in [0.1, 0.15) is 5.56 Å². The molecule has 0 atom stereocenters. The molecule has 0 saturated heterocycles. The van der Waals surface area contributed by atoms with Gasteiger partial charge in [0.2, 0.25) is 0 Å². The predicted molar refractivity (Wildman–Crippen MR) is 88.0 cm³/mol. The van der Waals surface area contributed by atoms with Gasteiger partial charge >= 0.3 is 0 Å². The van der Waals surface area contributed by atoms with E-state index < -0.39 is 20.2 Å². The Balaban J connectivity index is 2.43. The molecular weight excluding hydrogens is 372 g/mol. The van der Waals surface area contributed by atoms with Crippen molar-refractivity contribution in [3.8, 4) is 5.75 Å². The number of methoxy groups -OCH3 is 1. The first-order valence-electron chi connectivity index (χ1n) is 6.68. The number of rotatable bonds is 5. The number of aryl methyl sites for hydroxylation is 1. The molecule has 0 fully saturated rings. The van der Waals surface area contributed by atoms with Crippen LogP contribution in [0, 0.1) is 6.92 Å². The largest absolute Gasteiger partial charge is 0.494 e. The SMILES string of the molecule is COc1cc(C)c(S(=O)(=O)O)cc1N=Nc1ccc(S(=O)(=O)O)cc1. The Morgan fingerprint density at radius 1 is 0.920 bits per heavy atom. The highest BCUT2D eigenvalue weighted by Gasteiger charge is 2.17. The topological polar surface area (TPSA) is 143 Å². The minimum Gasteiger partial charge on any atom is -0.494 e. The van der Waals surface area contributed by atoms with Crippen LogP contribution in [0.2, 0.25) is 0 Å². The van der Waals surface area contributed by atoms with Crippen molar-refractivity contribution in [3.05, 3.63) is 42.0 Å². The van der Waals surface area contributed by atoms with E-state index in [4.69, 9.17) is 9.29 Å². The van der Waals surface area contributed by atoms with Crippen LogP contribution < -0.4 is 4.74 Å². The third-order valence-corrected chi connectivity index (χ3v) is 5.03. The molecule has 0 bridgehead atoms. The summed E-state index contributed by atoms with van der Waals surface area (Å²) in [5.41, 5.74) is 0.582. The summed E-state index contributed by atoms with van der Waals surface area (Å²) < 4.78 is 67.9. The van der Waals surface area contributed by atoms with Crippen molar-refractivity contribution in [1.82, 2.24) is 0 Å². The first-order valence-corrected chi connectivity index (χ1v) is 9.56. The molecule has 25 heavy (non-hydrogen) atoms. The molecule has 0 saturated carbocycles. The Labute approximate surface area is 144 Å². The second kappa shape index (κ2) is 6.88. The van der Waals surface area contributed by atoms with Crippen LogP contribution in [0.4, 0.5) is 11.4 Å². The maximum Gasteiger partial charge on any atom is 0.294 e. The van der Waals surface area contributed by atoms with E-state index >= 15 is 0 Å². The maximum atomic E-state index is 11.4. The normalized spacial score (nSPS) is 12.5. The van der Waals surface area contributed by atoms with E-state index in [2.05, 4.69) is 10.2 Å². The monoisotopic (exact) mass is 386 g/mol. The quantitative estimate of drug-likeness (QED) is 0.594. The molecule has 0 aliphatic heterocycles. The van der Waals surface area contributed by atoms with Gasteiger partial charge in [0, 0.05) is 0 Å². The van der Waals surface area contributed by atoms with Crippen molar-refractivity contribution < 1.29 is 30.7 Å². The zero-order valence-electron chi connectivity index (χ0n) is 13.1. The van der Waals surface area contributed by atoms with E-state index in [9.17, 15) is 21.4 Å². The molecule has 0 spiro atoms. The third-order valence-electron chi connectivity index (χ3n) is 3.16. The molecule has 0 aliphatic rings. The highest BCUT2D eigenvalue weighted by molar-refractivity contribution is 7.86. The number of hydrogen-bond donors (Lipinski definition) is 2. The fourth-order valence-corrected chi connectivity index (χ4v) is 3.17. The number of hydrogen-bond acceptors (Lipinski definition) is 7. The van der Waals surface area contributed by atoms with Crippen molar-refractivity contribution in [3.63, 3.8) is 0 Å². The summed E-state index contributed by atoms with van der Waals surface area (Å²) in [6.45, 7) is 1.49. The lowest BCUT2D eigenvalue weighted by molar-refractivity contribution is 0.415. The molecule has 0 aromatic heterocycles. The van der Waals surface area contributed by atoms with Gasteiger partial charge in [-0.15, -0.1) is 5.11 Å². The summed E-state index contributed by atoms with van der Waals surface area (Å²) in [7, 11) is -7.39. The van der Waals surface area contributed by atoms with Gasteiger partial charge in [-0.25, -0.2) is 0 Å². The fraction of sp³-hybridized carbons (Fsp3) is 0.143. The van der Waals surface area contributed by atoms with Gasteiger partial charge < -0.3 is 4.74 Å². The van der Waals surface area contributed by atoms with Crippen LogP contribution in [0.25, 0.3) is 0 Å². The van der Waals surface area contributed by atoms with Gasteiger partial charge in [0.15, 0.2) is 0 Å². The van der Waals surface area contributed by atoms with Crippen molar-refractivity contribution in [2.75, 3.05) is 7.11 Å². The van der Waals surface area contributed by atoms with Crippen molar-refractivity contribution >= 4 is 31.6 Å². The van der Waals surface area contributed by atoms with Crippen LogP contribution >= 0.6 is 0 Å². The van der Waals surface area contributed by atoms with Gasteiger partial charge in [0.05, 0.1) is 22.6 Å². The van der Waals surface area contributed by atoms with E-state index in [1.165, 1.54) is 32.2 Å². The summed E-state index contributed by atoms with van der Waals surface area (Å²) in [5, 5.41) is 7.72. The zero-order chi connectivity index (χ0) is 18.8. The number of ether oxygens (including phenoxy) is 1. The van der Waals surface area contributed by atoms with E-state index in [0.29, 0.717) is 0 Å². The van der Waals surface area contributed by atoms with E-state index in [0.717, 1.165) is 18.2 Å². The van der Waals surface area contributed by atoms with Crippen LogP contribution in [0.15, 0.2) is 56.4 Å². The van der Waals surface area contributed by atoms with Gasteiger partial charge in [-0.05, 0) is 48.9 Å². The number of azo groups is 1. The summed E-state index contributed by atoms with van der Waals surface area (Å²) in [6.07, 6.45) is 0. The number of nitrogens with zero attached hydrogens (tertiary/aromatic N) is 2. The van der Waals surface area contributed by atoms with Gasteiger partial charge in [-0.2, -0.15) is 21.9 Å². The van der Waals surface area contributed by atoms with Gasteiger partial charge in [-0.3, -0.25) is 9.11 Å². The van der Waals surface area contributed by atoms with Crippen LogP contribution in [-0.2, 0) is 20.2 Å². The lowest BCUT2D eigenvalue weighted by atomic mass is 10.2. The highest BCUT2D eigenvalue weighted by atomic mass is 32.2. The lowest BCUT2D eigenvalue weighted by Crippen LogP contribution is -2.01. The minimum atomic E-state index is -4.44. The first-order chi connectivity index (χ1) is 11.5. The molecule has 0 amide bonds. The van der Waals surface area contributed by atoms with Crippen LogP contribution in [0.5, 0.6) is 5.75 Å². The van der Waals surface area contributed by atoms with Gasteiger partial charge in [0.25, 0.3) is 20.2 Å².